The van der Waals surface area contributed by atoms with Gasteiger partial charge in [-0.2, -0.15) is 0 Å². The van der Waals surface area contributed by atoms with Gasteiger partial charge < -0.3 is 5.11 Å². The first-order valence-corrected chi connectivity index (χ1v) is 7.45. The second-order valence-electron chi connectivity index (χ2n) is 4.29. The number of carboxylic acids is 1. The second-order valence-corrected chi connectivity index (χ2v) is 5.97. The molecule has 2 aromatic carbocycles. The highest BCUT2D eigenvalue weighted by Gasteiger charge is 2.17. The Morgan fingerprint density at radius 1 is 1.14 bits per heavy atom. The average molecular weight is 309 g/mol. The number of rotatable bonds is 5. The molecule has 5 nitrogen and oxygen atoms in total. The van der Waals surface area contributed by atoms with Crippen molar-refractivity contribution < 1.29 is 22.7 Å². The number of carbonyl (C=O) groups is 1. The summed E-state index contributed by atoms with van der Waals surface area (Å²) in [5.74, 6) is -1.75. The highest BCUT2D eigenvalue weighted by atomic mass is 32.2. The molecule has 0 saturated carbocycles. The number of sulfonamides is 1. The first-order valence-electron chi connectivity index (χ1n) is 5.96. The third kappa shape index (κ3) is 3.79. The summed E-state index contributed by atoms with van der Waals surface area (Å²) in [6.45, 7) is 0. The normalized spacial score (nSPS) is 11.1. The van der Waals surface area contributed by atoms with E-state index in [1.54, 1.807) is 12.1 Å². The van der Waals surface area contributed by atoms with E-state index < -0.39 is 21.8 Å². The molecule has 110 valence electrons. The van der Waals surface area contributed by atoms with Crippen LogP contribution in [0.25, 0.3) is 0 Å². The Balaban J connectivity index is 2.35. The van der Waals surface area contributed by atoms with Crippen LogP contribution in [0.4, 0.5) is 10.1 Å². The number of para-hydroxylation sites is 1. The smallest absolute Gasteiger partial charge is 0.307 e. The minimum absolute atomic E-state index is 0.157. The molecular weight excluding hydrogens is 297 g/mol. The van der Waals surface area contributed by atoms with Crippen molar-refractivity contribution in [3.63, 3.8) is 0 Å². The Bertz CT molecular complexity index is 774. The Kier molecular flexibility index (Phi) is 4.23. The fraction of sp³-hybridized carbons (Fsp3) is 0.0714. The molecule has 0 aliphatic heterocycles. The molecule has 0 radical (unpaired) electrons. The van der Waals surface area contributed by atoms with E-state index in [4.69, 9.17) is 5.11 Å². The molecule has 0 spiro atoms. The largest absolute Gasteiger partial charge is 0.481 e. The summed E-state index contributed by atoms with van der Waals surface area (Å²) in [6.07, 6.45) is -0.318. The van der Waals surface area contributed by atoms with E-state index in [0.29, 0.717) is 5.56 Å². The molecule has 0 heterocycles. The zero-order chi connectivity index (χ0) is 15.5. The van der Waals surface area contributed by atoms with Gasteiger partial charge in [0.25, 0.3) is 10.0 Å². The highest BCUT2D eigenvalue weighted by Crippen LogP contribution is 2.21. The molecule has 2 N–H and O–H groups in total. The second kappa shape index (κ2) is 5.92. The van der Waals surface area contributed by atoms with Crippen LogP contribution in [0.5, 0.6) is 0 Å². The summed E-state index contributed by atoms with van der Waals surface area (Å²) < 4.78 is 39.7. The van der Waals surface area contributed by atoms with E-state index in [1.165, 1.54) is 24.3 Å². The van der Waals surface area contributed by atoms with E-state index in [2.05, 4.69) is 4.72 Å². The van der Waals surface area contributed by atoms with Gasteiger partial charge in [0.05, 0.1) is 17.0 Å². The van der Waals surface area contributed by atoms with Crippen LogP contribution in [0.2, 0.25) is 0 Å². The fourth-order valence-electron chi connectivity index (χ4n) is 1.77. The molecule has 0 bridgehead atoms. The molecule has 0 fully saturated rings. The maximum absolute atomic E-state index is 13.1. The summed E-state index contributed by atoms with van der Waals surface area (Å²) in [4.78, 5) is 10.5. The molecule has 2 rings (SSSR count). The Morgan fingerprint density at radius 3 is 2.52 bits per heavy atom. The number of anilines is 1. The van der Waals surface area contributed by atoms with Gasteiger partial charge in [-0.1, -0.05) is 24.3 Å². The van der Waals surface area contributed by atoms with Crippen LogP contribution in [0.1, 0.15) is 5.56 Å². The zero-order valence-electron chi connectivity index (χ0n) is 10.8. The molecule has 0 saturated heterocycles. The average Bonchev–Trinajstić information content (AvgIpc) is 2.40. The van der Waals surface area contributed by atoms with E-state index >= 15 is 0 Å². The minimum atomic E-state index is -3.98. The van der Waals surface area contributed by atoms with Gasteiger partial charge in [0, 0.05) is 0 Å². The first kappa shape index (κ1) is 15.0. The summed E-state index contributed by atoms with van der Waals surface area (Å²) in [7, 11) is -3.98. The van der Waals surface area contributed by atoms with Crippen molar-refractivity contribution in [3.8, 4) is 0 Å². The molecule has 2 aromatic rings. The van der Waals surface area contributed by atoms with Gasteiger partial charge in [-0.05, 0) is 29.8 Å². The Morgan fingerprint density at radius 2 is 1.86 bits per heavy atom. The van der Waals surface area contributed by atoms with Crippen LogP contribution in [0.15, 0.2) is 53.4 Å². The first-order chi connectivity index (χ1) is 9.88. The van der Waals surface area contributed by atoms with Crippen LogP contribution in [-0.4, -0.2) is 19.5 Å². The van der Waals surface area contributed by atoms with Crippen molar-refractivity contribution in [2.24, 2.45) is 0 Å². The summed E-state index contributed by atoms with van der Waals surface area (Å²) in [6, 6.07) is 10.7. The Labute approximate surface area is 121 Å². The molecular formula is C14H12FNO4S. The van der Waals surface area contributed by atoms with E-state index in [-0.39, 0.29) is 17.0 Å². The monoisotopic (exact) mass is 309 g/mol. The summed E-state index contributed by atoms with van der Waals surface area (Å²) in [5.41, 5.74) is 0.481. The van der Waals surface area contributed by atoms with Crippen LogP contribution in [0, 0.1) is 5.82 Å². The van der Waals surface area contributed by atoms with Crippen LogP contribution in [-0.2, 0) is 21.2 Å². The van der Waals surface area contributed by atoms with Gasteiger partial charge in [0.1, 0.15) is 5.82 Å². The van der Waals surface area contributed by atoms with Gasteiger partial charge in [-0.25, -0.2) is 12.8 Å². The van der Waals surface area contributed by atoms with Crippen LogP contribution < -0.4 is 4.72 Å². The van der Waals surface area contributed by atoms with Crippen molar-refractivity contribution in [1.82, 2.24) is 0 Å². The van der Waals surface area contributed by atoms with Gasteiger partial charge in [-0.3, -0.25) is 9.52 Å². The predicted octanol–water partition coefficient (Wildman–Crippen LogP) is 2.25. The maximum Gasteiger partial charge on any atom is 0.307 e. The molecule has 0 aromatic heterocycles. The van der Waals surface area contributed by atoms with Gasteiger partial charge in [0.15, 0.2) is 0 Å². The quantitative estimate of drug-likeness (QED) is 0.887. The third-order valence-corrected chi connectivity index (χ3v) is 4.07. The standard InChI is InChI=1S/C14H12FNO4S/c15-11-5-3-6-12(9-11)21(19,20)16-13-7-2-1-4-10(13)8-14(17)18/h1-7,9,16H,8H2,(H,17,18). The zero-order valence-corrected chi connectivity index (χ0v) is 11.6. The van der Waals surface area contributed by atoms with Gasteiger partial charge >= 0.3 is 5.97 Å². The van der Waals surface area contributed by atoms with Crippen molar-refractivity contribution in [2.75, 3.05) is 4.72 Å². The summed E-state index contributed by atoms with van der Waals surface area (Å²) >= 11 is 0. The number of halogens is 1. The lowest BCUT2D eigenvalue weighted by Crippen LogP contribution is -2.15. The van der Waals surface area contributed by atoms with Crippen molar-refractivity contribution in [2.45, 2.75) is 11.3 Å². The predicted molar refractivity (Wildman–Crippen MR) is 75.0 cm³/mol. The molecule has 21 heavy (non-hydrogen) atoms. The topological polar surface area (TPSA) is 83.5 Å². The lowest BCUT2D eigenvalue weighted by Gasteiger charge is -2.11. The number of carboxylic acid groups (broad SMARTS) is 1. The van der Waals surface area contributed by atoms with Crippen molar-refractivity contribution in [1.29, 1.82) is 0 Å². The van der Waals surface area contributed by atoms with E-state index in [1.807, 2.05) is 0 Å². The summed E-state index contributed by atoms with van der Waals surface area (Å²) in [5, 5.41) is 8.82. The molecule has 7 heteroatoms. The Hall–Kier alpha value is -2.41. The molecule has 0 aliphatic rings. The van der Waals surface area contributed by atoms with Crippen molar-refractivity contribution >= 4 is 21.7 Å². The molecule has 0 unspecified atom stereocenters. The van der Waals surface area contributed by atoms with Gasteiger partial charge in [-0.15, -0.1) is 0 Å². The number of aliphatic carboxylic acids is 1. The fourth-order valence-corrected chi connectivity index (χ4v) is 2.91. The van der Waals surface area contributed by atoms with Gasteiger partial charge in [0.2, 0.25) is 0 Å². The molecule has 0 aliphatic carbocycles. The minimum Gasteiger partial charge on any atom is -0.481 e. The lowest BCUT2D eigenvalue weighted by molar-refractivity contribution is -0.136. The van der Waals surface area contributed by atoms with Crippen molar-refractivity contribution in [3.05, 3.63) is 59.9 Å². The maximum atomic E-state index is 13.1. The number of benzene rings is 2. The van der Waals surface area contributed by atoms with E-state index in [0.717, 1.165) is 12.1 Å². The van der Waals surface area contributed by atoms with Crippen LogP contribution in [0.3, 0.4) is 0 Å². The third-order valence-electron chi connectivity index (χ3n) is 2.71. The SMILES string of the molecule is O=C(O)Cc1ccccc1NS(=O)(=O)c1cccc(F)c1. The lowest BCUT2D eigenvalue weighted by atomic mass is 10.1. The number of hydrogen-bond donors (Lipinski definition) is 2. The number of hydrogen-bond acceptors (Lipinski definition) is 3. The van der Waals surface area contributed by atoms with Crippen LogP contribution >= 0.6 is 0 Å². The number of nitrogens with one attached hydrogen (secondary N) is 1. The highest BCUT2D eigenvalue weighted by molar-refractivity contribution is 7.92. The molecule has 0 amide bonds. The van der Waals surface area contributed by atoms with E-state index in [9.17, 15) is 17.6 Å². The molecule has 0 atom stereocenters.